The second kappa shape index (κ2) is 9.47. The summed E-state index contributed by atoms with van der Waals surface area (Å²) in [5.41, 5.74) is 1.60. The lowest BCUT2D eigenvalue weighted by Gasteiger charge is -2.13. The Hall–Kier alpha value is -2.94. The second-order valence-corrected chi connectivity index (χ2v) is 8.08. The molecular formula is C22H23F3N4OS. The van der Waals surface area contributed by atoms with Crippen LogP contribution in [0.1, 0.15) is 34.2 Å². The first-order chi connectivity index (χ1) is 14.7. The van der Waals surface area contributed by atoms with Crippen molar-refractivity contribution < 1.29 is 18.0 Å². The van der Waals surface area contributed by atoms with Crippen LogP contribution in [0.25, 0.3) is 0 Å². The zero-order valence-electron chi connectivity index (χ0n) is 17.4. The molecule has 0 fully saturated rings. The average Bonchev–Trinajstić information content (AvgIpc) is 3.18. The second-order valence-electron chi connectivity index (χ2n) is 7.12. The predicted molar refractivity (Wildman–Crippen MR) is 118 cm³/mol. The number of hydrogen-bond donors (Lipinski definition) is 2. The number of benzene rings is 2. The van der Waals surface area contributed by atoms with E-state index in [1.807, 2.05) is 43.3 Å². The number of nitrogens with zero attached hydrogens (tertiary/aromatic N) is 2. The van der Waals surface area contributed by atoms with Gasteiger partial charge >= 0.3 is 6.18 Å². The summed E-state index contributed by atoms with van der Waals surface area (Å²) in [6.45, 7) is 2.05. The zero-order chi connectivity index (χ0) is 22.6. The number of thioether (sulfide) groups is 1. The van der Waals surface area contributed by atoms with Crippen LogP contribution in [0.5, 0.6) is 0 Å². The van der Waals surface area contributed by atoms with E-state index in [0.29, 0.717) is 11.4 Å². The van der Waals surface area contributed by atoms with Crippen molar-refractivity contribution >= 4 is 29.0 Å². The van der Waals surface area contributed by atoms with Crippen molar-refractivity contribution in [2.24, 2.45) is 0 Å². The van der Waals surface area contributed by atoms with E-state index in [2.05, 4.69) is 22.2 Å². The molecule has 9 heteroatoms. The Morgan fingerprint density at radius 2 is 1.68 bits per heavy atom. The van der Waals surface area contributed by atoms with Crippen molar-refractivity contribution in [3.8, 4) is 0 Å². The molecule has 3 aromatic rings. The van der Waals surface area contributed by atoms with Crippen molar-refractivity contribution in [2.75, 3.05) is 24.3 Å². The molecule has 2 aromatic carbocycles. The van der Waals surface area contributed by atoms with Crippen LogP contribution in [0, 0.1) is 0 Å². The summed E-state index contributed by atoms with van der Waals surface area (Å²) in [6, 6.07) is 14.6. The third-order valence-electron chi connectivity index (χ3n) is 4.63. The number of aryl methyl sites for hydroxylation is 1. The fourth-order valence-corrected chi connectivity index (χ4v) is 3.67. The van der Waals surface area contributed by atoms with Gasteiger partial charge in [-0.2, -0.15) is 13.2 Å². The first-order valence-electron chi connectivity index (χ1n) is 9.64. The SMILES string of the molecule is CCc1ccc(CSc2nc(C(=O)Nc3ccc(N(C)C)cc3)c(C(F)(F)F)[nH]2)cc1. The molecule has 0 aliphatic heterocycles. The minimum atomic E-state index is -4.73. The molecule has 0 atom stereocenters. The van der Waals surface area contributed by atoms with Gasteiger partial charge in [0.05, 0.1) is 0 Å². The molecule has 0 saturated heterocycles. The molecule has 0 spiro atoms. The molecule has 0 aliphatic carbocycles. The van der Waals surface area contributed by atoms with Gasteiger partial charge in [-0.25, -0.2) is 4.98 Å². The topological polar surface area (TPSA) is 61.0 Å². The number of rotatable bonds is 7. The molecular weight excluding hydrogens is 425 g/mol. The van der Waals surface area contributed by atoms with Gasteiger partial charge in [0.25, 0.3) is 5.91 Å². The van der Waals surface area contributed by atoms with Crippen LogP contribution in [0.4, 0.5) is 24.5 Å². The van der Waals surface area contributed by atoms with E-state index in [1.165, 1.54) is 5.56 Å². The fourth-order valence-electron chi connectivity index (χ4n) is 2.85. The quantitative estimate of drug-likeness (QED) is 0.462. The number of anilines is 2. The molecule has 1 amide bonds. The molecule has 0 aliphatic rings. The third kappa shape index (κ3) is 5.81. The smallest absolute Gasteiger partial charge is 0.378 e. The van der Waals surface area contributed by atoms with Crippen LogP contribution in [0.3, 0.4) is 0 Å². The number of carbonyl (C=O) groups excluding carboxylic acids is 1. The number of halogens is 3. The number of hydrogen-bond acceptors (Lipinski definition) is 4. The van der Waals surface area contributed by atoms with Gasteiger partial charge in [0, 0.05) is 31.2 Å². The number of carbonyl (C=O) groups is 1. The standard InChI is InChI=1S/C22H23F3N4OS/c1-4-14-5-7-15(8-6-14)13-31-21-27-18(19(28-21)22(23,24)25)20(30)26-16-9-11-17(12-10-16)29(2)3/h5-12H,4,13H2,1-3H3,(H,26,30)(H,27,28). The van der Waals surface area contributed by atoms with Crippen LogP contribution < -0.4 is 10.2 Å². The van der Waals surface area contributed by atoms with Gasteiger partial charge < -0.3 is 15.2 Å². The number of amides is 1. The summed E-state index contributed by atoms with van der Waals surface area (Å²) in [5, 5.41) is 2.53. The molecule has 1 aromatic heterocycles. The van der Waals surface area contributed by atoms with Gasteiger partial charge in [0.15, 0.2) is 16.5 Å². The van der Waals surface area contributed by atoms with E-state index in [-0.39, 0.29) is 5.16 Å². The summed E-state index contributed by atoms with van der Waals surface area (Å²) in [6.07, 6.45) is -3.81. The Kier molecular flexibility index (Phi) is 6.94. The fraction of sp³-hybridized carbons (Fsp3) is 0.273. The average molecular weight is 449 g/mol. The van der Waals surface area contributed by atoms with Crippen LogP contribution in [0.2, 0.25) is 0 Å². The Balaban J connectivity index is 1.76. The van der Waals surface area contributed by atoms with Gasteiger partial charge in [0.1, 0.15) is 0 Å². The normalized spacial score (nSPS) is 11.4. The summed E-state index contributed by atoms with van der Waals surface area (Å²) >= 11 is 1.11. The third-order valence-corrected chi connectivity index (χ3v) is 5.57. The first-order valence-corrected chi connectivity index (χ1v) is 10.6. The molecule has 0 unspecified atom stereocenters. The largest absolute Gasteiger partial charge is 0.433 e. The van der Waals surface area contributed by atoms with E-state index < -0.39 is 23.5 Å². The molecule has 0 bridgehead atoms. The summed E-state index contributed by atoms with van der Waals surface area (Å²) < 4.78 is 40.4. The highest BCUT2D eigenvalue weighted by molar-refractivity contribution is 7.98. The number of nitrogens with one attached hydrogen (secondary N) is 2. The predicted octanol–water partition coefficient (Wildman–Crippen LogP) is 5.60. The minimum Gasteiger partial charge on any atom is -0.378 e. The van der Waals surface area contributed by atoms with E-state index in [9.17, 15) is 18.0 Å². The molecule has 0 saturated carbocycles. The van der Waals surface area contributed by atoms with Gasteiger partial charge in [-0.15, -0.1) is 0 Å². The van der Waals surface area contributed by atoms with Crippen LogP contribution in [-0.2, 0) is 18.3 Å². The highest BCUT2D eigenvalue weighted by Gasteiger charge is 2.39. The number of aromatic amines is 1. The maximum atomic E-state index is 13.5. The summed E-state index contributed by atoms with van der Waals surface area (Å²) in [7, 11) is 3.73. The zero-order valence-corrected chi connectivity index (χ0v) is 18.2. The van der Waals surface area contributed by atoms with E-state index in [4.69, 9.17) is 0 Å². The number of aromatic nitrogens is 2. The number of imidazole rings is 1. The van der Waals surface area contributed by atoms with Crippen molar-refractivity contribution in [1.29, 1.82) is 0 Å². The minimum absolute atomic E-state index is 0.0417. The molecule has 0 radical (unpaired) electrons. The molecule has 2 N–H and O–H groups in total. The Morgan fingerprint density at radius 3 is 2.23 bits per heavy atom. The van der Waals surface area contributed by atoms with Crippen molar-refractivity contribution in [1.82, 2.24) is 9.97 Å². The van der Waals surface area contributed by atoms with Crippen molar-refractivity contribution in [3.63, 3.8) is 0 Å². The molecule has 164 valence electrons. The lowest BCUT2D eigenvalue weighted by atomic mass is 10.1. The molecule has 1 heterocycles. The van der Waals surface area contributed by atoms with Gasteiger partial charge in [-0.05, 0) is 41.8 Å². The van der Waals surface area contributed by atoms with Crippen molar-refractivity contribution in [3.05, 3.63) is 71.0 Å². The van der Waals surface area contributed by atoms with E-state index in [0.717, 1.165) is 29.4 Å². The van der Waals surface area contributed by atoms with Crippen molar-refractivity contribution in [2.45, 2.75) is 30.4 Å². The maximum absolute atomic E-state index is 13.5. The maximum Gasteiger partial charge on any atom is 0.433 e. The van der Waals surface area contributed by atoms with Gasteiger partial charge in [0.2, 0.25) is 0 Å². The lowest BCUT2D eigenvalue weighted by molar-refractivity contribution is -0.141. The van der Waals surface area contributed by atoms with E-state index in [1.54, 1.807) is 24.3 Å². The van der Waals surface area contributed by atoms with Crippen LogP contribution >= 0.6 is 11.8 Å². The highest BCUT2D eigenvalue weighted by Crippen LogP contribution is 2.33. The molecule has 5 nitrogen and oxygen atoms in total. The monoisotopic (exact) mass is 448 g/mol. The summed E-state index contributed by atoms with van der Waals surface area (Å²) in [4.78, 5) is 20.6. The Morgan fingerprint density at radius 1 is 1.06 bits per heavy atom. The summed E-state index contributed by atoms with van der Waals surface area (Å²) in [5.74, 6) is -0.484. The van der Waals surface area contributed by atoms with E-state index >= 15 is 0 Å². The lowest BCUT2D eigenvalue weighted by Crippen LogP contribution is -2.19. The first kappa shape index (κ1) is 22.7. The number of alkyl halides is 3. The van der Waals surface area contributed by atoms with Gasteiger partial charge in [-0.3, -0.25) is 4.79 Å². The number of H-pyrrole nitrogens is 1. The molecule has 31 heavy (non-hydrogen) atoms. The van der Waals surface area contributed by atoms with Crippen LogP contribution in [-0.4, -0.2) is 30.0 Å². The van der Waals surface area contributed by atoms with Gasteiger partial charge in [-0.1, -0.05) is 43.0 Å². The Labute approximate surface area is 183 Å². The Bertz CT molecular complexity index is 1030. The highest BCUT2D eigenvalue weighted by atomic mass is 32.2. The van der Waals surface area contributed by atoms with Crippen LogP contribution in [0.15, 0.2) is 53.7 Å². The molecule has 3 rings (SSSR count).